The molecule has 4 rings (SSSR count). The third kappa shape index (κ3) is 2.39. The molecule has 0 aromatic heterocycles. The third-order valence-corrected chi connectivity index (χ3v) is 6.18. The van der Waals surface area contributed by atoms with Crippen molar-refractivity contribution in [2.75, 3.05) is 34.5 Å². The van der Waals surface area contributed by atoms with Gasteiger partial charge in [0.25, 0.3) is 0 Å². The fraction of sp³-hybridized carbons (Fsp3) is 0.455. The van der Waals surface area contributed by atoms with Crippen molar-refractivity contribution in [3.63, 3.8) is 0 Å². The van der Waals surface area contributed by atoms with Crippen LogP contribution in [0.3, 0.4) is 0 Å². The summed E-state index contributed by atoms with van der Waals surface area (Å²) < 4.78 is 0. The summed E-state index contributed by atoms with van der Waals surface area (Å²) >= 11 is 0. The second kappa shape index (κ2) is 6.51. The molecular formula is C22H30N4. The van der Waals surface area contributed by atoms with E-state index < -0.39 is 0 Å². The van der Waals surface area contributed by atoms with Crippen LogP contribution in [0.25, 0.3) is 0 Å². The lowest BCUT2D eigenvalue weighted by Gasteiger charge is -2.51. The van der Waals surface area contributed by atoms with Crippen molar-refractivity contribution in [1.82, 2.24) is 4.90 Å². The monoisotopic (exact) mass is 350 g/mol. The topological polar surface area (TPSA) is 13.0 Å². The Morgan fingerprint density at radius 1 is 0.808 bits per heavy atom. The third-order valence-electron chi connectivity index (χ3n) is 6.18. The average molecular weight is 351 g/mol. The van der Waals surface area contributed by atoms with Crippen molar-refractivity contribution >= 4 is 22.7 Å². The number of anilines is 4. The molecule has 138 valence electrons. The molecule has 2 aliphatic rings. The van der Waals surface area contributed by atoms with Crippen LogP contribution in [0.2, 0.25) is 0 Å². The Morgan fingerprint density at radius 2 is 1.46 bits per heavy atom. The molecule has 4 heteroatoms. The maximum absolute atomic E-state index is 2.51. The molecule has 0 amide bonds. The van der Waals surface area contributed by atoms with Gasteiger partial charge in [-0.25, -0.2) is 0 Å². The Balaban J connectivity index is 1.74. The van der Waals surface area contributed by atoms with Gasteiger partial charge in [0.05, 0.1) is 24.2 Å². The van der Waals surface area contributed by atoms with Gasteiger partial charge in [0, 0.05) is 17.9 Å². The molecule has 0 saturated carbocycles. The lowest BCUT2D eigenvalue weighted by molar-refractivity contribution is 0.116. The van der Waals surface area contributed by atoms with Gasteiger partial charge in [-0.1, -0.05) is 25.1 Å². The minimum absolute atomic E-state index is 0.326. The maximum atomic E-state index is 2.51. The predicted octanol–water partition coefficient (Wildman–Crippen LogP) is 4.76. The number of benzene rings is 2. The van der Waals surface area contributed by atoms with Gasteiger partial charge in [-0.15, -0.1) is 0 Å². The van der Waals surface area contributed by atoms with Crippen molar-refractivity contribution in [2.24, 2.45) is 0 Å². The summed E-state index contributed by atoms with van der Waals surface area (Å²) in [6.45, 7) is 14.5. The SMILES string of the molecule is CCN1CN(c2cccc(N3c4ccccc4N(CC)[C@H]3C)c2C)[C@H]1C. The van der Waals surface area contributed by atoms with Crippen LogP contribution in [-0.2, 0) is 0 Å². The van der Waals surface area contributed by atoms with Crippen LogP contribution in [0.4, 0.5) is 22.7 Å². The van der Waals surface area contributed by atoms with Crippen LogP contribution in [0.1, 0.15) is 33.3 Å². The number of hydrogen-bond donors (Lipinski definition) is 0. The molecule has 0 radical (unpaired) electrons. The normalized spacial score (nSPS) is 22.6. The minimum Gasteiger partial charge on any atom is -0.350 e. The van der Waals surface area contributed by atoms with Gasteiger partial charge in [-0.05, 0) is 64.1 Å². The molecule has 1 fully saturated rings. The fourth-order valence-corrected chi connectivity index (χ4v) is 4.58. The zero-order valence-corrected chi connectivity index (χ0v) is 16.6. The van der Waals surface area contributed by atoms with Gasteiger partial charge in [0.15, 0.2) is 0 Å². The van der Waals surface area contributed by atoms with Crippen LogP contribution in [0.5, 0.6) is 0 Å². The quantitative estimate of drug-likeness (QED) is 0.788. The number of rotatable bonds is 4. The highest BCUT2D eigenvalue weighted by atomic mass is 15.5. The first-order chi connectivity index (χ1) is 12.6. The molecule has 0 unspecified atom stereocenters. The lowest BCUT2D eigenvalue weighted by atomic mass is 10.1. The van der Waals surface area contributed by atoms with E-state index in [-0.39, 0.29) is 0 Å². The molecule has 1 saturated heterocycles. The summed E-state index contributed by atoms with van der Waals surface area (Å²) in [6, 6.07) is 15.5. The standard InChI is InChI=1S/C22H30N4/c1-6-23-15-25(17(23)4)19-13-10-14-20(16(19)3)26-18(5)24(7-2)21-11-8-9-12-22(21)26/h8-14,17-18H,6-7,15H2,1-5H3/t17-,18+/m0/s1. The van der Waals surface area contributed by atoms with Gasteiger partial charge in [0.2, 0.25) is 0 Å². The van der Waals surface area contributed by atoms with Gasteiger partial charge in [-0.3, -0.25) is 4.90 Å². The molecule has 4 nitrogen and oxygen atoms in total. The molecule has 2 aromatic carbocycles. The van der Waals surface area contributed by atoms with Gasteiger partial charge < -0.3 is 14.7 Å². The van der Waals surface area contributed by atoms with E-state index in [0.29, 0.717) is 12.3 Å². The first-order valence-electron chi connectivity index (χ1n) is 9.83. The molecule has 0 aliphatic carbocycles. The summed E-state index contributed by atoms with van der Waals surface area (Å²) in [6.07, 6.45) is 0.802. The molecule has 2 heterocycles. The van der Waals surface area contributed by atoms with Crippen LogP contribution >= 0.6 is 0 Å². The van der Waals surface area contributed by atoms with Crippen molar-refractivity contribution < 1.29 is 0 Å². The highest BCUT2D eigenvalue weighted by Crippen LogP contribution is 2.46. The van der Waals surface area contributed by atoms with Crippen molar-refractivity contribution in [3.05, 3.63) is 48.0 Å². The lowest BCUT2D eigenvalue weighted by Crippen LogP contribution is -2.62. The zero-order chi connectivity index (χ0) is 18.4. The van der Waals surface area contributed by atoms with Crippen LogP contribution in [0, 0.1) is 6.92 Å². The Morgan fingerprint density at radius 3 is 2.12 bits per heavy atom. The Kier molecular flexibility index (Phi) is 4.31. The van der Waals surface area contributed by atoms with E-state index >= 15 is 0 Å². The smallest absolute Gasteiger partial charge is 0.104 e. The van der Waals surface area contributed by atoms with Crippen LogP contribution in [-0.4, -0.2) is 37.0 Å². The Bertz CT molecular complexity index is 802. The molecule has 0 bridgehead atoms. The Hall–Kier alpha value is -2.20. The Labute approximate surface area is 157 Å². The molecule has 2 aromatic rings. The summed E-state index contributed by atoms with van der Waals surface area (Å²) in [7, 11) is 0. The zero-order valence-electron chi connectivity index (χ0n) is 16.6. The van der Waals surface area contributed by atoms with E-state index in [1.54, 1.807) is 0 Å². The highest BCUT2D eigenvalue weighted by molar-refractivity contribution is 5.86. The van der Waals surface area contributed by atoms with Crippen LogP contribution in [0.15, 0.2) is 42.5 Å². The largest absolute Gasteiger partial charge is 0.350 e. The molecular weight excluding hydrogens is 320 g/mol. The fourth-order valence-electron chi connectivity index (χ4n) is 4.58. The first-order valence-corrected chi connectivity index (χ1v) is 9.83. The van der Waals surface area contributed by atoms with E-state index in [1.165, 1.54) is 28.3 Å². The summed E-state index contributed by atoms with van der Waals surface area (Å²) in [5.74, 6) is 0. The van der Waals surface area contributed by atoms with Gasteiger partial charge in [0.1, 0.15) is 6.17 Å². The van der Waals surface area contributed by atoms with Crippen molar-refractivity contribution in [1.29, 1.82) is 0 Å². The van der Waals surface area contributed by atoms with Gasteiger partial charge in [-0.2, -0.15) is 0 Å². The van der Waals surface area contributed by atoms with E-state index in [2.05, 4.69) is 96.7 Å². The molecule has 0 spiro atoms. The number of nitrogens with zero attached hydrogens (tertiary/aromatic N) is 4. The van der Waals surface area contributed by atoms with E-state index in [1.807, 2.05) is 0 Å². The van der Waals surface area contributed by atoms with Gasteiger partial charge >= 0.3 is 0 Å². The van der Waals surface area contributed by atoms with Crippen molar-refractivity contribution in [3.8, 4) is 0 Å². The van der Waals surface area contributed by atoms with E-state index in [0.717, 1.165) is 19.8 Å². The number of para-hydroxylation sites is 2. The summed E-state index contributed by atoms with van der Waals surface area (Å²) in [4.78, 5) is 9.97. The second-order valence-electron chi connectivity index (χ2n) is 7.35. The van der Waals surface area contributed by atoms with Crippen molar-refractivity contribution in [2.45, 2.75) is 47.0 Å². The predicted molar refractivity (Wildman–Crippen MR) is 111 cm³/mol. The van der Waals surface area contributed by atoms with E-state index in [4.69, 9.17) is 0 Å². The maximum Gasteiger partial charge on any atom is 0.104 e. The first kappa shape index (κ1) is 17.2. The molecule has 2 aliphatic heterocycles. The molecule has 26 heavy (non-hydrogen) atoms. The number of fused-ring (bicyclic) bond motifs is 1. The molecule has 2 atom stereocenters. The summed E-state index contributed by atoms with van der Waals surface area (Å²) in [5, 5.41) is 0. The van der Waals surface area contributed by atoms with E-state index in [9.17, 15) is 0 Å². The second-order valence-corrected chi connectivity index (χ2v) is 7.35. The highest BCUT2D eigenvalue weighted by Gasteiger charge is 2.36. The molecule has 0 N–H and O–H groups in total. The average Bonchev–Trinajstić information content (AvgIpc) is 2.93. The number of hydrogen-bond acceptors (Lipinski definition) is 4. The van der Waals surface area contributed by atoms with Crippen LogP contribution < -0.4 is 14.7 Å². The minimum atomic E-state index is 0.326. The summed E-state index contributed by atoms with van der Waals surface area (Å²) in [5.41, 5.74) is 6.70.